The first kappa shape index (κ1) is 28.4. The number of anilines is 3. The third kappa shape index (κ3) is 4.65. The molecule has 0 amide bonds. The van der Waals surface area contributed by atoms with E-state index in [2.05, 4.69) is 193 Å². The van der Waals surface area contributed by atoms with Crippen LogP contribution in [0.5, 0.6) is 0 Å². The molecule has 1 heterocycles. The molecule has 0 fully saturated rings. The van der Waals surface area contributed by atoms with Crippen LogP contribution < -0.4 is 4.90 Å². The first-order valence-electron chi connectivity index (χ1n) is 17.1. The van der Waals surface area contributed by atoms with Gasteiger partial charge in [-0.05, 0) is 86.3 Å². The van der Waals surface area contributed by atoms with E-state index >= 15 is 0 Å². The molecule has 0 bridgehead atoms. The molecule has 0 saturated heterocycles. The van der Waals surface area contributed by atoms with E-state index in [1.165, 1.54) is 32.7 Å². The van der Waals surface area contributed by atoms with Gasteiger partial charge in [0.15, 0.2) is 0 Å². The number of hydrogen-bond donors (Lipinski definition) is 0. The molecule has 10 rings (SSSR count). The summed E-state index contributed by atoms with van der Waals surface area (Å²) in [5, 5.41) is 9.29. The van der Waals surface area contributed by atoms with E-state index in [1.807, 2.05) is 0 Å². The molecule has 234 valence electrons. The molecule has 0 N–H and O–H groups in total. The topological polar surface area (TPSA) is 16.4 Å². The summed E-state index contributed by atoms with van der Waals surface area (Å²) in [6.07, 6.45) is 0. The molecule has 0 unspecified atom stereocenters. The van der Waals surface area contributed by atoms with Crippen LogP contribution in [0.3, 0.4) is 0 Å². The third-order valence-corrected chi connectivity index (χ3v) is 9.99. The number of hydrogen-bond acceptors (Lipinski definition) is 2. The van der Waals surface area contributed by atoms with Crippen molar-refractivity contribution in [2.24, 2.45) is 0 Å². The SMILES string of the molecule is c1ccc(-c2cccc(-c3cccc4oc5c6ccccc6c(N(c6ccc7ccccc7c6)c6ccc7ccccc7c6)cc5c34)c2)cc1. The zero-order chi connectivity index (χ0) is 33.0. The molecule has 0 aliphatic carbocycles. The van der Waals surface area contributed by atoms with Crippen LogP contribution >= 0.6 is 0 Å². The minimum Gasteiger partial charge on any atom is -0.455 e. The van der Waals surface area contributed by atoms with Gasteiger partial charge >= 0.3 is 0 Å². The van der Waals surface area contributed by atoms with Gasteiger partial charge in [-0.2, -0.15) is 0 Å². The minimum absolute atomic E-state index is 0.882. The van der Waals surface area contributed by atoms with Crippen LogP contribution in [0.15, 0.2) is 192 Å². The molecule has 0 saturated carbocycles. The first-order chi connectivity index (χ1) is 24.8. The molecule has 2 heteroatoms. The highest BCUT2D eigenvalue weighted by atomic mass is 16.3. The van der Waals surface area contributed by atoms with Gasteiger partial charge in [0, 0.05) is 32.9 Å². The zero-order valence-electron chi connectivity index (χ0n) is 27.3. The Morgan fingerprint density at radius 2 is 0.940 bits per heavy atom. The number of rotatable bonds is 5. The minimum atomic E-state index is 0.882. The highest BCUT2D eigenvalue weighted by Crippen LogP contribution is 2.47. The van der Waals surface area contributed by atoms with Crippen LogP contribution in [0.1, 0.15) is 0 Å². The standard InChI is InChI=1S/C48H31NO/c1-2-12-32(13-3-1)35-18-10-19-38(28-35)41-22-11-23-46-47(41)44-31-45(42-20-8-9-21-43(42)48(44)50-46)49(39-26-24-33-14-4-6-16-36(33)29-39)40-27-25-34-15-5-7-17-37(34)30-40/h1-31H. The van der Waals surface area contributed by atoms with E-state index in [-0.39, 0.29) is 0 Å². The van der Waals surface area contributed by atoms with Crippen molar-refractivity contribution in [1.29, 1.82) is 0 Å². The summed E-state index contributed by atoms with van der Waals surface area (Å²) in [5.41, 5.74) is 9.81. The average Bonchev–Trinajstić information content (AvgIpc) is 3.57. The Kier molecular flexibility index (Phi) is 6.53. The maximum atomic E-state index is 6.79. The summed E-state index contributed by atoms with van der Waals surface area (Å²) in [4.78, 5) is 2.41. The Balaban J connectivity index is 1.27. The molecular formula is C48H31NO. The lowest BCUT2D eigenvalue weighted by Crippen LogP contribution is -2.10. The highest BCUT2D eigenvalue weighted by Gasteiger charge is 2.22. The van der Waals surface area contributed by atoms with E-state index in [0.717, 1.165) is 60.9 Å². The van der Waals surface area contributed by atoms with E-state index in [4.69, 9.17) is 4.42 Å². The summed E-state index contributed by atoms with van der Waals surface area (Å²) in [7, 11) is 0. The Morgan fingerprint density at radius 3 is 1.66 bits per heavy atom. The van der Waals surface area contributed by atoms with Crippen molar-refractivity contribution < 1.29 is 4.42 Å². The summed E-state index contributed by atoms with van der Waals surface area (Å²) >= 11 is 0. The number of furan rings is 1. The number of nitrogens with zero attached hydrogens (tertiary/aromatic N) is 1. The molecule has 0 aliphatic rings. The zero-order valence-corrected chi connectivity index (χ0v) is 27.3. The van der Waals surface area contributed by atoms with E-state index in [1.54, 1.807) is 0 Å². The fourth-order valence-electron chi connectivity index (χ4n) is 7.61. The van der Waals surface area contributed by atoms with Gasteiger partial charge in [0.2, 0.25) is 0 Å². The van der Waals surface area contributed by atoms with Crippen molar-refractivity contribution in [3.05, 3.63) is 188 Å². The van der Waals surface area contributed by atoms with Crippen molar-refractivity contribution in [1.82, 2.24) is 0 Å². The van der Waals surface area contributed by atoms with E-state index in [0.29, 0.717) is 0 Å². The fourth-order valence-corrected chi connectivity index (χ4v) is 7.61. The van der Waals surface area contributed by atoms with Gasteiger partial charge in [0.25, 0.3) is 0 Å². The van der Waals surface area contributed by atoms with Crippen molar-refractivity contribution >= 4 is 71.3 Å². The second kappa shape index (κ2) is 11.5. The van der Waals surface area contributed by atoms with E-state index in [9.17, 15) is 0 Å². The Labute approximate surface area is 290 Å². The summed E-state index contributed by atoms with van der Waals surface area (Å²) in [5.74, 6) is 0. The van der Waals surface area contributed by atoms with Crippen molar-refractivity contribution in [2.45, 2.75) is 0 Å². The van der Waals surface area contributed by atoms with Crippen LogP contribution in [-0.2, 0) is 0 Å². The Morgan fingerprint density at radius 1 is 0.360 bits per heavy atom. The van der Waals surface area contributed by atoms with Gasteiger partial charge in [-0.3, -0.25) is 0 Å². The lowest BCUT2D eigenvalue weighted by molar-refractivity contribution is 0.673. The third-order valence-electron chi connectivity index (χ3n) is 9.99. The second-order valence-corrected chi connectivity index (χ2v) is 12.9. The van der Waals surface area contributed by atoms with Crippen LogP contribution in [0.4, 0.5) is 17.1 Å². The quantitative estimate of drug-likeness (QED) is 0.187. The summed E-state index contributed by atoms with van der Waals surface area (Å²) < 4.78 is 6.79. The maximum absolute atomic E-state index is 6.79. The van der Waals surface area contributed by atoms with Crippen molar-refractivity contribution in [3.8, 4) is 22.3 Å². The molecule has 9 aromatic carbocycles. The van der Waals surface area contributed by atoms with Gasteiger partial charge in [-0.1, -0.05) is 146 Å². The normalized spacial score (nSPS) is 11.6. The van der Waals surface area contributed by atoms with Gasteiger partial charge in [0.1, 0.15) is 11.2 Å². The predicted octanol–water partition coefficient (Wildman–Crippen LogP) is 13.8. The lowest BCUT2D eigenvalue weighted by Gasteiger charge is -2.28. The fraction of sp³-hybridized carbons (Fsp3) is 0. The molecule has 1 aromatic heterocycles. The summed E-state index contributed by atoms with van der Waals surface area (Å²) in [6, 6.07) is 67.5. The van der Waals surface area contributed by atoms with Crippen LogP contribution in [-0.4, -0.2) is 0 Å². The Hall–Kier alpha value is -6.64. The van der Waals surface area contributed by atoms with Crippen LogP contribution in [0.2, 0.25) is 0 Å². The average molecular weight is 638 g/mol. The van der Waals surface area contributed by atoms with Gasteiger partial charge < -0.3 is 9.32 Å². The molecule has 0 atom stereocenters. The monoisotopic (exact) mass is 637 g/mol. The predicted molar refractivity (Wildman–Crippen MR) is 212 cm³/mol. The molecule has 2 nitrogen and oxygen atoms in total. The highest BCUT2D eigenvalue weighted by molar-refractivity contribution is 6.22. The van der Waals surface area contributed by atoms with Gasteiger partial charge in [-0.15, -0.1) is 0 Å². The Bertz CT molecular complexity index is 2800. The van der Waals surface area contributed by atoms with Crippen molar-refractivity contribution in [3.63, 3.8) is 0 Å². The van der Waals surface area contributed by atoms with Crippen LogP contribution in [0, 0.1) is 0 Å². The molecule has 0 aliphatic heterocycles. The van der Waals surface area contributed by atoms with Gasteiger partial charge in [-0.25, -0.2) is 0 Å². The first-order valence-corrected chi connectivity index (χ1v) is 17.1. The van der Waals surface area contributed by atoms with Gasteiger partial charge in [0.05, 0.1) is 5.69 Å². The molecular weight excluding hydrogens is 607 g/mol. The second-order valence-electron chi connectivity index (χ2n) is 12.9. The molecule has 0 spiro atoms. The smallest absolute Gasteiger partial charge is 0.143 e. The largest absolute Gasteiger partial charge is 0.455 e. The molecule has 50 heavy (non-hydrogen) atoms. The number of benzene rings is 9. The van der Waals surface area contributed by atoms with Crippen molar-refractivity contribution in [2.75, 3.05) is 4.90 Å². The number of fused-ring (bicyclic) bond motifs is 7. The maximum Gasteiger partial charge on any atom is 0.143 e. The lowest BCUT2D eigenvalue weighted by atomic mass is 9.94. The molecule has 10 aromatic rings. The summed E-state index contributed by atoms with van der Waals surface area (Å²) in [6.45, 7) is 0. The molecule has 0 radical (unpaired) electrons. The van der Waals surface area contributed by atoms with E-state index < -0.39 is 0 Å². The van der Waals surface area contributed by atoms with Crippen LogP contribution in [0.25, 0.3) is 76.5 Å².